The van der Waals surface area contributed by atoms with Gasteiger partial charge in [0.2, 0.25) is 10.0 Å². The molecule has 2 N–H and O–H groups in total. The lowest BCUT2D eigenvalue weighted by Gasteiger charge is -2.37. The highest BCUT2D eigenvalue weighted by Crippen LogP contribution is 2.29. The summed E-state index contributed by atoms with van der Waals surface area (Å²) in [7, 11) is -0.194. The zero-order valence-corrected chi connectivity index (χ0v) is 15.7. The molecule has 2 aromatic rings. The molecule has 1 fully saturated rings. The van der Waals surface area contributed by atoms with Crippen LogP contribution in [0.15, 0.2) is 17.2 Å². The van der Waals surface area contributed by atoms with Crippen LogP contribution >= 0.6 is 0 Å². The van der Waals surface area contributed by atoms with Crippen molar-refractivity contribution in [2.45, 2.75) is 24.7 Å². The van der Waals surface area contributed by atoms with E-state index in [1.54, 1.807) is 24.9 Å². The Kier molecular flexibility index (Phi) is 5.10. The third-order valence-electron chi connectivity index (χ3n) is 4.90. The van der Waals surface area contributed by atoms with Crippen LogP contribution in [0.3, 0.4) is 0 Å². The second kappa shape index (κ2) is 6.99. The predicted molar refractivity (Wildman–Crippen MR) is 94.8 cm³/mol. The molecule has 0 saturated carbocycles. The van der Waals surface area contributed by atoms with Gasteiger partial charge in [-0.3, -0.25) is 4.68 Å². The first kappa shape index (κ1) is 18.2. The van der Waals surface area contributed by atoms with Crippen molar-refractivity contribution in [3.8, 4) is 0 Å². The molecule has 1 saturated heterocycles. The topological polar surface area (TPSA) is 98.1 Å². The van der Waals surface area contributed by atoms with Crippen molar-refractivity contribution in [3.05, 3.63) is 18.0 Å². The van der Waals surface area contributed by atoms with Crippen LogP contribution in [0.5, 0.6) is 0 Å². The number of piperidine rings is 1. The van der Waals surface area contributed by atoms with Crippen LogP contribution in [-0.2, 0) is 21.8 Å². The van der Waals surface area contributed by atoms with E-state index in [0.29, 0.717) is 18.8 Å². The maximum atomic E-state index is 12.7. The van der Waals surface area contributed by atoms with E-state index in [0.717, 1.165) is 37.0 Å². The largest absolute Gasteiger partial charge is 0.384 e. The number of aryl methyl sites for hydroxylation is 2. The van der Waals surface area contributed by atoms with E-state index < -0.39 is 10.0 Å². The van der Waals surface area contributed by atoms with Crippen LogP contribution in [0, 0.1) is 12.3 Å². The molecule has 0 aliphatic carbocycles. The number of hydrogen-bond acceptors (Lipinski definition) is 6. The second-order valence-electron chi connectivity index (χ2n) is 6.76. The standard InChI is InChI=1S/C16H25N5O3S/c1-12-14-8-13(9-18-15(14)21(2)20-12)25(22,23)19-10-16(11-24-3)4-6-17-7-5-16/h8-9,17,19H,4-7,10-11H2,1-3H3. The Balaban J connectivity index is 1.82. The van der Waals surface area contributed by atoms with Crippen molar-refractivity contribution < 1.29 is 13.2 Å². The lowest BCUT2D eigenvalue weighted by atomic mass is 9.80. The van der Waals surface area contributed by atoms with Crippen LogP contribution in [0.25, 0.3) is 11.0 Å². The third kappa shape index (κ3) is 3.69. The van der Waals surface area contributed by atoms with E-state index in [9.17, 15) is 8.42 Å². The quantitative estimate of drug-likeness (QED) is 0.775. The van der Waals surface area contributed by atoms with Gasteiger partial charge < -0.3 is 10.1 Å². The number of nitrogens with zero attached hydrogens (tertiary/aromatic N) is 3. The van der Waals surface area contributed by atoms with Gasteiger partial charge in [0.05, 0.1) is 12.3 Å². The Morgan fingerprint density at radius 1 is 1.40 bits per heavy atom. The van der Waals surface area contributed by atoms with E-state index >= 15 is 0 Å². The van der Waals surface area contributed by atoms with Gasteiger partial charge in [0.25, 0.3) is 0 Å². The number of fused-ring (bicyclic) bond motifs is 1. The number of nitrogens with one attached hydrogen (secondary N) is 2. The van der Waals surface area contributed by atoms with Gasteiger partial charge in [0, 0.05) is 37.7 Å². The van der Waals surface area contributed by atoms with Crippen molar-refractivity contribution >= 4 is 21.1 Å². The molecule has 0 spiro atoms. The smallest absolute Gasteiger partial charge is 0.242 e. The fraction of sp³-hybridized carbons (Fsp3) is 0.625. The molecule has 138 valence electrons. The first-order valence-electron chi connectivity index (χ1n) is 8.36. The van der Waals surface area contributed by atoms with Crippen LogP contribution < -0.4 is 10.0 Å². The SMILES string of the molecule is COCC1(CNS(=O)(=O)c2cnc3c(c2)c(C)nn3C)CCNCC1. The normalized spacial score (nSPS) is 17.9. The summed E-state index contributed by atoms with van der Waals surface area (Å²) < 4.78 is 35.3. The molecule has 1 aliphatic rings. The zero-order chi connectivity index (χ0) is 18.1. The van der Waals surface area contributed by atoms with Crippen LogP contribution in [0.4, 0.5) is 0 Å². The van der Waals surface area contributed by atoms with Gasteiger partial charge in [-0.2, -0.15) is 5.10 Å². The third-order valence-corrected chi connectivity index (χ3v) is 6.27. The highest BCUT2D eigenvalue weighted by atomic mass is 32.2. The van der Waals surface area contributed by atoms with Gasteiger partial charge in [-0.1, -0.05) is 0 Å². The fourth-order valence-corrected chi connectivity index (χ4v) is 4.53. The Morgan fingerprint density at radius 2 is 2.12 bits per heavy atom. The molecular weight excluding hydrogens is 342 g/mol. The maximum Gasteiger partial charge on any atom is 0.242 e. The zero-order valence-electron chi connectivity index (χ0n) is 14.9. The summed E-state index contributed by atoms with van der Waals surface area (Å²) in [6, 6.07) is 1.64. The molecule has 8 nitrogen and oxygen atoms in total. The van der Waals surface area contributed by atoms with Gasteiger partial charge in [0.15, 0.2) is 5.65 Å². The number of methoxy groups -OCH3 is 1. The molecule has 9 heteroatoms. The van der Waals surface area contributed by atoms with E-state index in [1.165, 1.54) is 6.20 Å². The van der Waals surface area contributed by atoms with Crippen molar-refractivity contribution in [1.82, 2.24) is 24.8 Å². The highest BCUT2D eigenvalue weighted by Gasteiger charge is 2.33. The minimum atomic E-state index is -3.64. The average molecular weight is 367 g/mol. The summed E-state index contributed by atoms with van der Waals surface area (Å²) in [4.78, 5) is 4.43. The molecule has 2 aromatic heterocycles. The number of rotatable bonds is 6. The lowest BCUT2D eigenvalue weighted by Crippen LogP contribution is -2.47. The number of hydrogen-bond donors (Lipinski definition) is 2. The highest BCUT2D eigenvalue weighted by molar-refractivity contribution is 7.89. The molecule has 3 heterocycles. The van der Waals surface area contributed by atoms with E-state index in [2.05, 4.69) is 20.1 Å². The van der Waals surface area contributed by atoms with E-state index in [-0.39, 0.29) is 10.3 Å². The maximum absolute atomic E-state index is 12.7. The Labute approximate surface area is 148 Å². The van der Waals surface area contributed by atoms with Crippen LogP contribution in [0.2, 0.25) is 0 Å². The summed E-state index contributed by atoms with van der Waals surface area (Å²) in [5.41, 5.74) is 1.26. The predicted octanol–water partition coefficient (Wildman–Crippen LogP) is 0.571. The molecular formula is C16H25N5O3S. The van der Waals surface area contributed by atoms with Gasteiger partial charge in [0.1, 0.15) is 4.90 Å². The Bertz CT molecular complexity index is 851. The van der Waals surface area contributed by atoms with Gasteiger partial charge in [-0.25, -0.2) is 18.1 Å². The van der Waals surface area contributed by atoms with E-state index in [4.69, 9.17) is 4.74 Å². The monoisotopic (exact) mass is 367 g/mol. The summed E-state index contributed by atoms with van der Waals surface area (Å²) in [5, 5.41) is 8.34. The molecule has 0 unspecified atom stereocenters. The molecule has 0 amide bonds. The van der Waals surface area contributed by atoms with Crippen molar-refractivity contribution in [3.63, 3.8) is 0 Å². The first-order valence-corrected chi connectivity index (χ1v) is 9.84. The summed E-state index contributed by atoms with van der Waals surface area (Å²) >= 11 is 0. The molecule has 3 rings (SSSR count). The van der Waals surface area contributed by atoms with Crippen LogP contribution in [0.1, 0.15) is 18.5 Å². The summed E-state index contributed by atoms with van der Waals surface area (Å²) in [6.07, 6.45) is 3.14. The summed E-state index contributed by atoms with van der Waals surface area (Å²) in [5.74, 6) is 0. The number of sulfonamides is 1. The average Bonchev–Trinajstić information content (AvgIpc) is 2.88. The van der Waals surface area contributed by atoms with E-state index in [1.807, 2.05) is 6.92 Å². The van der Waals surface area contributed by atoms with Gasteiger partial charge in [-0.05, 0) is 38.9 Å². The number of aromatic nitrogens is 3. The van der Waals surface area contributed by atoms with Crippen molar-refractivity contribution in [1.29, 1.82) is 0 Å². The van der Waals surface area contributed by atoms with Gasteiger partial charge >= 0.3 is 0 Å². The minimum Gasteiger partial charge on any atom is -0.384 e. The Hall–Kier alpha value is -1.55. The summed E-state index contributed by atoms with van der Waals surface area (Å²) in [6.45, 7) is 4.47. The van der Waals surface area contributed by atoms with Crippen molar-refractivity contribution in [2.75, 3.05) is 33.4 Å². The molecule has 25 heavy (non-hydrogen) atoms. The number of ether oxygens (including phenoxy) is 1. The lowest BCUT2D eigenvalue weighted by molar-refractivity contribution is 0.0577. The van der Waals surface area contributed by atoms with Crippen LogP contribution in [-0.4, -0.2) is 56.5 Å². The molecule has 0 atom stereocenters. The van der Waals surface area contributed by atoms with Crippen molar-refractivity contribution in [2.24, 2.45) is 12.5 Å². The van der Waals surface area contributed by atoms with Gasteiger partial charge in [-0.15, -0.1) is 0 Å². The number of pyridine rings is 1. The fourth-order valence-electron chi connectivity index (χ4n) is 3.40. The Morgan fingerprint density at radius 3 is 2.80 bits per heavy atom. The minimum absolute atomic E-state index is 0.164. The molecule has 1 aliphatic heterocycles. The second-order valence-corrected chi connectivity index (χ2v) is 8.53. The first-order chi connectivity index (χ1) is 11.9. The molecule has 0 aromatic carbocycles. The molecule has 0 bridgehead atoms. The molecule has 0 radical (unpaired) electrons.